The maximum atomic E-state index is 11.8. The zero-order valence-corrected chi connectivity index (χ0v) is 10.1. The van der Waals surface area contributed by atoms with Crippen molar-refractivity contribution in [2.24, 2.45) is 5.92 Å². The fourth-order valence-corrected chi connectivity index (χ4v) is 1.96. The number of hydrogen-bond acceptors (Lipinski definition) is 3. The van der Waals surface area contributed by atoms with Crippen LogP contribution in [-0.4, -0.2) is 35.0 Å². The Morgan fingerprint density at radius 3 is 2.83 bits per heavy atom. The summed E-state index contributed by atoms with van der Waals surface area (Å²) in [7, 11) is 0. The van der Waals surface area contributed by atoms with Crippen LogP contribution in [0.5, 0.6) is 0 Å². The number of furan rings is 1. The average Bonchev–Trinajstić information content (AvgIpc) is 2.94. The van der Waals surface area contributed by atoms with Crippen molar-refractivity contribution >= 4 is 18.0 Å². The Morgan fingerprint density at radius 2 is 2.28 bits per heavy atom. The number of rotatable bonds is 3. The maximum absolute atomic E-state index is 11.8. The largest absolute Gasteiger partial charge is 0.481 e. The third kappa shape index (κ3) is 2.80. The first kappa shape index (κ1) is 12.4. The Hall–Kier alpha value is -2.04. The predicted molar refractivity (Wildman–Crippen MR) is 64.8 cm³/mol. The lowest BCUT2D eigenvalue weighted by Gasteiger charge is -2.12. The molecule has 0 bridgehead atoms. The van der Waals surface area contributed by atoms with Crippen LogP contribution in [0.15, 0.2) is 22.6 Å². The van der Waals surface area contributed by atoms with Crippen LogP contribution in [0, 0.1) is 12.8 Å². The van der Waals surface area contributed by atoms with Gasteiger partial charge in [-0.25, -0.2) is 0 Å². The van der Waals surface area contributed by atoms with E-state index in [1.54, 1.807) is 17.0 Å². The van der Waals surface area contributed by atoms with Crippen LogP contribution in [0.1, 0.15) is 17.9 Å². The van der Waals surface area contributed by atoms with Crippen molar-refractivity contribution in [3.05, 3.63) is 29.7 Å². The Morgan fingerprint density at radius 1 is 1.50 bits per heavy atom. The van der Waals surface area contributed by atoms with E-state index >= 15 is 0 Å². The smallest absolute Gasteiger partial charge is 0.308 e. The van der Waals surface area contributed by atoms with Gasteiger partial charge in [0, 0.05) is 19.2 Å². The summed E-state index contributed by atoms with van der Waals surface area (Å²) in [4.78, 5) is 24.1. The van der Waals surface area contributed by atoms with Crippen LogP contribution in [0.4, 0.5) is 0 Å². The molecule has 1 aromatic heterocycles. The number of carbonyl (C=O) groups excluding carboxylic acids is 1. The molecule has 1 amide bonds. The molecule has 0 spiro atoms. The number of likely N-dealkylation sites (tertiary alicyclic amines) is 1. The summed E-state index contributed by atoms with van der Waals surface area (Å²) in [5, 5.41) is 8.85. The Labute approximate surface area is 105 Å². The lowest BCUT2D eigenvalue weighted by molar-refractivity contribution is -0.141. The second kappa shape index (κ2) is 5.08. The number of carbonyl (C=O) groups is 2. The number of aliphatic carboxylic acids is 1. The second-order valence-electron chi connectivity index (χ2n) is 4.39. The topological polar surface area (TPSA) is 70.8 Å². The minimum absolute atomic E-state index is 0.173. The zero-order chi connectivity index (χ0) is 13.1. The van der Waals surface area contributed by atoms with Gasteiger partial charge in [0.1, 0.15) is 11.5 Å². The zero-order valence-electron chi connectivity index (χ0n) is 10.1. The molecule has 1 atom stereocenters. The lowest BCUT2D eigenvalue weighted by atomic mass is 10.1. The van der Waals surface area contributed by atoms with E-state index in [1.165, 1.54) is 6.08 Å². The van der Waals surface area contributed by atoms with E-state index < -0.39 is 11.9 Å². The van der Waals surface area contributed by atoms with Crippen LogP contribution in [0.2, 0.25) is 0 Å². The fourth-order valence-electron chi connectivity index (χ4n) is 1.96. The van der Waals surface area contributed by atoms with Gasteiger partial charge in [0.15, 0.2) is 0 Å². The van der Waals surface area contributed by atoms with Gasteiger partial charge in [0.05, 0.1) is 5.92 Å². The molecule has 1 saturated heterocycles. The molecule has 0 aliphatic carbocycles. The predicted octanol–water partition coefficient (Wildman–Crippen LogP) is 1.53. The molecular weight excluding hydrogens is 234 g/mol. The minimum Gasteiger partial charge on any atom is -0.481 e. The van der Waals surface area contributed by atoms with Crippen molar-refractivity contribution < 1.29 is 19.1 Å². The van der Waals surface area contributed by atoms with Gasteiger partial charge >= 0.3 is 5.97 Å². The van der Waals surface area contributed by atoms with Gasteiger partial charge in [-0.2, -0.15) is 0 Å². The SMILES string of the molecule is Cc1ccc(C=CC(=O)N2CCC(C(=O)O)C2)o1. The highest BCUT2D eigenvalue weighted by molar-refractivity contribution is 5.92. The van der Waals surface area contributed by atoms with Gasteiger partial charge in [-0.05, 0) is 31.6 Å². The van der Waals surface area contributed by atoms with E-state index in [0.717, 1.165) is 5.76 Å². The van der Waals surface area contributed by atoms with Gasteiger partial charge in [-0.15, -0.1) is 0 Å². The number of aryl methyl sites for hydroxylation is 1. The van der Waals surface area contributed by atoms with E-state index in [0.29, 0.717) is 18.7 Å². The highest BCUT2D eigenvalue weighted by Crippen LogP contribution is 2.17. The van der Waals surface area contributed by atoms with Crippen LogP contribution < -0.4 is 0 Å². The number of hydrogen-bond donors (Lipinski definition) is 1. The van der Waals surface area contributed by atoms with E-state index in [-0.39, 0.29) is 12.5 Å². The van der Waals surface area contributed by atoms with Gasteiger partial charge in [-0.3, -0.25) is 9.59 Å². The van der Waals surface area contributed by atoms with Crippen LogP contribution in [0.3, 0.4) is 0 Å². The van der Waals surface area contributed by atoms with Crippen molar-refractivity contribution in [1.29, 1.82) is 0 Å². The molecule has 2 rings (SSSR count). The van der Waals surface area contributed by atoms with Crippen LogP contribution in [0.25, 0.3) is 6.08 Å². The first-order valence-electron chi connectivity index (χ1n) is 5.82. The first-order chi connectivity index (χ1) is 8.56. The molecule has 1 aliphatic rings. The highest BCUT2D eigenvalue weighted by atomic mass is 16.4. The quantitative estimate of drug-likeness (QED) is 0.825. The summed E-state index contributed by atoms with van der Waals surface area (Å²) in [6.45, 7) is 2.62. The highest BCUT2D eigenvalue weighted by Gasteiger charge is 2.29. The fraction of sp³-hybridized carbons (Fsp3) is 0.385. The molecule has 5 heteroatoms. The Kier molecular flexibility index (Phi) is 3.50. The molecule has 1 unspecified atom stereocenters. The monoisotopic (exact) mass is 249 g/mol. The molecule has 96 valence electrons. The number of carboxylic acids is 1. The summed E-state index contributed by atoms with van der Waals surface area (Å²) in [5.74, 6) is -0.0407. The van der Waals surface area contributed by atoms with Crippen molar-refractivity contribution in [1.82, 2.24) is 4.90 Å². The molecule has 18 heavy (non-hydrogen) atoms. The van der Waals surface area contributed by atoms with E-state index in [4.69, 9.17) is 9.52 Å². The van der Waals surface area contributed by atoms with E-state index in [9.17, 15) is 9.59 Å². The van der Waals surface area contributed by atoms with Gasteiger partial charge < -0.3 is 14.4 Å². The van der Waals surface area contributed by atoms with Crippen LogP contribution >= 0.6 is 0 Å². The molecule has 1 aromatic rings. The van der Waals surface area contributed by atoms with Crippen molar-refractivity contribution in [2.75, 3.05) is 13.1 Å². The molecule has 2 heterocycles. The third-order valence-corrected chi connectivity index (χ3v) is 3.00. The molecule has 0 saturated carbocycles. The Bertz CT molecular complexity index is 489. The van der Waals surface area contributed by atoms with Crippen molar-refractivity contribution in [3.63, 3.8) is 0 Å². The number of carboxylic acid groups (broad SMARTS) is 1. The normalized spacial score (nSPS) is 19.6. The van der Waals surface area contributed by atoms with E-state index in [1.807, 2.05) is 13.0 Å². The average molecular weight is 249 g/mol. The first-order valence-corrected chi connectivity index (χ1v) is 5.82. The minimum atomic E-state index is -0.837. The molecule has 0 radical (unpaired) electrons. The summed E-state index contributed by atoms with van der Waals surface area (Å²) in [6.07, 6.45) is 3.54. The van der Waals surface area contributed by atoms with Gasteiger partial charge in [-0.1, -0.05) is 0 Å². The summed E-state index contributed by atoms with van der Waals surface area (Å²) >= 11 is 0. The Balaban J connectivity index is 1.93. The summed E-state index contributed by atoms with van der Waals surface area (Å²) in [5.41, 5.74) is 0. The van der Waals surface area contributed by atoms with E-state index in [2.05, 4.69) is 0 Å². The summed E-state index contributed by atoms with van der Waals surface area (Å²) < 4.78 is 5.30. The third-order valence-electron chi connectivity index (χ3n) is 3.00. The van der Waals surface area contributed by atoms with Crippen molar-refractivity contribution in [3.8, 4) is 0 Å². The standard InChI is InChI=1S/C13H15NO4/c1-9-2-3-11(18-9)4-5-12(15)14-7-6-10(8-14)13(16)17/h2-5,10H,6-8H2,1H3,(H,16,17). The van der Waals surface area contributed by atoms with Crippen molar-refractivity contribution in [2.45, 2.75) is 13.3 Å². The molecule has 1 fully saturated rings. The molecule has 1 N–H and O–H groups in total. The van der Waals surface area contributed by atoms with Crippen LogP contribution in [-0.2, 0) is 9.59 Å². The molecule has 5 nitrogen and oxygen atoms in total. The molecule has 1 aliphatic heterocycles. The second-order valence-corrected chi connectivity index (χ2v) is 4.39. The maximum Gasteiger partial charge on any atom is 0.308 e. The summed E-state index contributed by atoms with van der Waals surface area (Å²) in [6, 6.07) is 3.60. The molecular formula is C13H15NO4. The number of amides is 1. The number of nitrogens with zero attached hydrogens (tertiary/aromatic N) is 1. The molecule has 0 aromatic carbocycles. The van der Waals surface area contributed by atoms with Gasteiger partial charge in [0.25, 0.3) is 0 Å². The lowest BCUT2D eigenvalue weighted by Crippen LogP contribution is -2.28. The van der Waals surface area contributed by atoms with Gasteiger partial charge in [0.2, 0.25) is 5.91 Å².